The molecular formula is C26H31N3O6S2. The summed E-state index contributed by atoms with van der Waals surface area (Å²) in [5.41, 5.74) is 1.66. The van der Waals surface area contributed by atoms with Gasteiger partial charge in [-0.05, 0) is 54.1 Å². The highest BCUT2D eigenvalue weighted by Crippen LogP contribution is 2.23. The fourth-order valence-corrected chi connectivity index (χ4v) is 5.92. The Bertz CT molecular complexity index is 1390. The van der Waals surface area contributed by atoms with Crippen molar-refractivity contribution in [3.8, 4) is 5.75 Å². The first-order valence-electron chi connectivity index (χ1n) is 11.7. The van der Waals surface area contributed by atoms with Crippen LogP contribution in [0.4, 0.5) is 11.4 Å². The van der Waals surface area contributed by atoms with E-state index in [4.69, 9.17) is 4.74 Å². The van der Waals surface area contributed by atoms with Gasteiger partial charge in [0.2, 0.25) is 26.0 Å². The Morgan fingerprint density at radius 2 is 1.43 bits per heavy atom. The number of benzene rings is 3. The number of hydrogen-bond acceptors (Lipinski definition) is 6. The van der Waals surface area contributed by atoms with Crippen LogP contribution in [0.15, 0.2) is 83.8 Å². The molecule has 3 rings (SSSR count). The summed E-state index contributed by atoms with van der Waals surface area (Å²) in [5, 5.41) is 2.62. The number of rotatable bonds is 12. The summed E-state index contributed by atoms with van der Waals surface area (Å²) in [4.78, 5) is 12.8. The summed E-state index contributed by atoms with van der Waals surface area (Å²) in [5.74, 6) is -0.0144. The quantitative estimate of drug-likeness (QED) is 0.371. The van der Waals surface area contributed by atoms with Crippen molar-refractivity contribution in [1.82, 2.24) is 4.31 Å². The third-order valence-corrected chi connectivity index (χ3v) is 8.75. The summed E-state index contributed by atoms with van der Waals surface area (Å²) < 4.78 is 58.2. The molecule has 0 bridgehead atoms. The van der Waals surface area contributed by atoms with Crippen LogP contribution in [0.1, 0.15) is 19.4 Å². The number of sulfonamides is 2. The minimum atomic E-state index is -3.77. The topological polar surface area (TPSA) is 113 Å². The van der Waals surface area contributed by atoms with Crippen LogP contribution in [-0.4, -0.2) is 52.9 Å². The molecule has 198 valence electrons. The Hall–Kier alpha value is -3.41. The maximum absolute atomic E-state index is 12.7. The zero-order valence-corrected chi connectivity index (χ0v) is 22.6. The van der Waals surface area contributed by atoms with Gasteiger partial charge in [0.15, 0.2) is 0 Å². The number of nitrogens with zero attached hydrogens (tertiary/aromatic N) is 2. The molecule has 0 aliphatic rings. The van der Waals surface area contributed by atoms with Crippen molar-refractivity contribution in [2.75, 3.05) is 35.5 Å². The molecule has 0 aromatic heterocycles. The van der Waals surface area contributed by atoms with Crippen molar-refractivity contribution in [2.24, 2.45) is 0 Å². The van der Waals surface area contributed by atoms with E-state index in [2.05, 4.69) is 5.32 Å². The van der Waals surface area contributed by atoms with Gasteiger partial charge in [-0.25, -0.2) is 16.8 Å². The van der Waals surface area contributed by atoms with Gasteiger partial charge in [-0.3, -0.25) is 9.10 Å². The fourth-order valence-electron chi connectivity index (χ4n) is 3.60. The van der Waals surface area contributed by atoms with Gasteiger partial charge in [-0.15, -0.1) is 0 Å². The van der Waals surface area contributed by atoms with E-state index < -0.39 is 32.5 Å². The molecule has 0 radical (unpaired) electrons. The number of amides is 1. The van der Waals surface area contributed by atoms with Crippen LogP contribution in [0.3, 0.4) is 0 Å². The van der Waals surface area contributed by atoms with E-state index in [1.54, 1.807) is 38.1 Å². The zero-order chi connectivity index (χ0) is 27.1. The molecule has 0 heterocycles. The van der Waals surface area contributed by atoms with Crippen LogP contribution in [0.2, 0.25) is 0 Å². The molecule has 0 saturated carbocycles. The number of carbonyl (C=O) groups excluding carboxylic acids is 1. The molecule has 0 fully saturated rings. The van der Waals surface area contributed by atoms with Crippen molar-refractivity contribution >= 4 is 37.3 Å². The molecular weight excluding hydrogens is 514 g/mol. The third-order valence-electron chi connectivity index (χ3n) is 5.54. The molecule has 3 aromatic carbocycles. The minimum Gasteiger partial charge on any atom is -0.489 e. The molecule has 11 heteroatoms. The lowest BCUT2D eigenvalue weighted by Crippen LogP contribution is -2.37. The summed E-state index contributed by atoms with van der Waals surface area (Å²) in [6, 6.07) is 21.8. The lowest BCUT2D eigenvalue weighted by Gasteiger charge is -2.22. The van der Waals surface area contributed by atoms with Crippen molar-refractivity contribution in [3.05, 3.63) is 84.4 Å². The van der Waals surface area contributed by atoms with E-state index >= 15 is 0 Å². The van der Waals surface area contributed by atoms with E-state index in [0.717, 1.165) is 16.1 Å². The molecule has 9 nitrogen and oxygen atoms in total. The normalized spacial score (nSPS) is 11.8. The lowest BCUT2D eigenvalue weighted by molar-refractivity contribution is -0.114. The summed E-state index contributed by atoms with van der Waals surface area (Å²) >= 11 is 0. The SMILES string of the molecule is CCN(CC)S(=O)(=O)c1ccc(NC(=O)CN(c2ccc(OCc3ccccc3)cc2)S(C)(=O)=O)cc1. The molecule has 0 unspecified atom stereocenters. The number of carbonyl (C=O) groups is 1. The monoisotopic (exact) mass is 545 g/mol. The second-order valence-corrected chi connectivity index (χ2v) is 12.0. The van der Waals surface area contributed by atoms with Crippen LogP contribution in [0.5, 0.6) is 5.75 Å². The van der Waals surface area contributed by atoms with Gasteiger partial charge in [0.1, 0.15) is 18.9 Å². The predicted molar refractivity (Wildman–Crippen MR) is 145 cm³/mol. The number of anilines is 2. The Balaban J connectivity index is 1.67. The molecule has 0 saturated heterocycles. The average Bonchev–Trinajstić information content (AvgIpc) is 2.87. The van der Waals surface area contributed by atoms with Crippen LogP contribution < -0.4 is 14.4 Å². The minimum absolute atomic E-state index is 0.113. The van der Waals surface area contributed by atoms with Gasteiger partial charge in [-0.2, -0.15) is 4.31 Å². The van der Waals surface area contributed by atoms with Crippen LogP contribution in [0, 0.1) is 0 Å². The molecule has 0 aliphatic heterocycles. The molecule has 0 spiro atoms. The van der Waals surface area contributed by atoms with Crippen molar-refractivity contribution in [1.29, 1.82) is 0 Å². The van der Waals surface area contributed by atoms with Crippen LogP contribution in [-0.2, 0) is 31.4 Å². The number of hydrogen-bond donors (Lipinski definition) is 1. The third kappa shape index (κ3) is 7.54. The molecule has 1 amide bonds. The van der Waals surface area contributed by atoms with Gasteiger partial charge in [-0.1, -0.05) is 44.2 Å². The van der Waals surface area contributed by atoms with Crippen LogP contribution >= 0.6 is 0 Å². The Kier molecular flexibility index (Phi) is 9.30. The van der Waals surface area contributed by atoms with Crippen LogP contribution in [0.25, 0.3) is 0 Å². The Labute approximate surface area is 218 Å². The Morgan fingerprint density at radius 1 is 0.838 bits per heavy atom. The molecule has 3 aromatic rings. The standard InChI is InChI=1S/C26H31N3O6S2/c1-4-28(5-2)37(33,34)25-17-11-22(12-18-25)27-26(30)19-29(36(3,31)32)23-13-15-24(16-14-23)35-20-21-9-7-6-8-10-21/h6-18H,4-5,19-20H2,1-3H3,(H,27,30). The summed E-state index contributed by atoms with van der Waals surface area (Å²) in [6.07, 6.45) is 1.02. The highest BCUT2D eigenvalue weighted by Gasteiger charge is 2.23. The Morgan fingerprint density at radius 3 is 1.97 bits per heavy atom. The van der Waals surface area contributed by atoms with Gasteiger partial charge in [0.25, 0.3) is 0 Å². The molecule has 0 aliphatic carbocycles. The van der Waals surface area contributed by atoms with Gasteiger partial charge < -0.3 is 10.1 Å². The van der Waals surface area contributed by atoms with E-state index in [9.17, 15) is 21.6 Å². The zero-order valence-electron chi connectivity index (χ0n) is 21.0. The smallest absolute Gasteiger partial charge is 0.245 e. The maximum Gasteiger partial charge on any atom is 0.245 e. The molecule has 1 N–H and O–H groups in total. The highest BCUT2D eigenvalue weighted by molar-refractivity contribution is 7.92. The summed E-state index contributed by atoms with van der Waals surface area (Å²) in [6.45, 7) is 4.12. The summed E-state index contributed by atoms with van der Waals surface area (Å²) in [7, 11) is -7.39. The van der Waals surface area contributed by atoms with Gasteiger partial charge in [0, 0.05) is 18.8 Å². The van der Waals surface area contributed by atoms with E-state index in [-0.39, 0.29) is 4.90 Å². The van der Waals surface area contributed by atoms with Gasteiger partial charge >= 0.3 is 0 Å². The van der Waals surface area contributed by atoms with E-state index in [0.29, 0.717) is 36.8 Å². The number of ether oxygens (including phenoxy) is 1. The van der Waals surface area contributed by atoms with Crippen molar-refractivity contribution in [2.45, 2.75) is 25.3 Å². The molecule has 0 atom stereocenters. The van der Waals surface area contributed by atoms with Crippen molar-refractivity contribution in [3.63, 3.8) is 0 Å². The van der Waals surface area contributed by atoms with Gasteiger partial charge in [0.05, 0.1) is 16.8 Å². The number of nitrogens with one attached hydrogen (secondary N) is 1. The fraction of sp³-hybridized carbons (Fsp3) is 0.269. The lowest BCUT2D eigenvalue weighted by atomic mass is 10.2. The van der Waals surface area contributed by atoms with E-state index in [1.807, 2.05) is 30.3 Å². The molecule has 37 heavy (non-hydrogen) atoms. The second kappa shape index (κ2) is 12.2. The highest BCUT2D eigenvalue weighted by atomic mass is 32.2. The first-order valence-corrected chi connectivity index (χ1v) is 15.0. The average molecular weight is 546 g/mol. The first-order chi connectivity index (χ1) is 17.5. The van der Waals surface area contributed by atoms with Crippen molar-refractivity contribution < 1.29 is 26.4 Å². The largest absolute Gasteiger partial charge is 0.489 e. The maximum atomic E-state index is 12.7. The van der Waals surface area contributed by atoms with E-state index in [1.165, 1.54) is 28.6 Å². The first kappa shape index (κ1) is 28.2. The second-order valence-electron chi connectivity index (χ2n) is 8.20. The predicted octanol–water partition coefficient (Wildman–Crippen LogP) is 3.70.